The molecule has 0 spiro atoms. The lowest BCUT2D eigenvalue weighted by Crippen LogP contribution is -2.33. The smallest absolute Gasteiger partial charge is 0.258 e. The molecular weight excluding hydrogens is 270 g/mol. The molecule has 0 saturated carbocycles. The number of nitro benzene ring substituents is 1. The highest BCUT2D eigenvalue weighted by Gasteiger charge is 2.15. The fourth-order valence-electron chi connectivity index (χ4n) is 2.39. The van der Waals surface area contributed by atoms with Gasteiger partial charge in [0.2, 0.25) is 0 Å². The fourth-order valence-corrected chi connectivity index (χ4v) is 2.39. The van der Waals surface area contributed by atoms with E-state index in [1.165, 1.54) is 16.9 Å². The average molecular weight is 279 g/mol. The summed E-state index contributed by atoms with van der Waals surface area (Å²) in [6.07, 6.45) is 1.70. The number of nitro groups is 1. The van der Waals surface area contributed by atoms with E-state index in [0.717, 1.165) is 11.3 Å². The van der Waals surface area contributed by atoms with E-state index in [4.69, 9.17) is 0 Å². The van der Waals surface area contributed by atoms with Crippen molar-refractivity contribution >= 4 is 16.7 Å². The van der Waals surface area contributed by atoms with Crippen LogP contribution in [0.2, 0.25) is 0 Å². The molecule has 4 aromatic rings. The number of non-ortho nitro benzene ring substituents is 1. The van der Waals surface area contributed by atoms with Crippen molar-refractivity contribution in [3.63, 3.8) is 0 Å². The molecule has 102 valence electrons. The maximum atomic E-state index is 10.9. The van der Waals surface area contributed by atoms with E-state index >= 15 is 0 Å². The van der Waals surface area contributed by atoms with Crippen LogP contribution in [0.1, 0.15) is 0 Å². The molecule has 0 radical (unpaired) electrons. The van der Waals surface area contributed by atoms with Gasteiger partial charge >= 0.3 is 0 Å². The topological polar surface area (TPSA) is 78.6 Å². The zero-order chi connectivity index (χ0) is 14.4. The first-order valence-corrected chi connectivity index (χ1v) is 6.31. The molecule has 0 saturated heterocycles. The van der Waals surface area contributed by atoms with Crippen LogP contribution in [-0.2, 0) is 0 Å². The van der Waals surface area contributed by atoms with E-state index in [9.17, 15) is 10.1 Å². The summed E-state index contributed by atoms with van der Waals surface area (Å²) in [6.45, 7) is 0. The SMILES string of the molecule is O=[N+]([O-])c1ccc2n[n+]3[n-]cc(-c4ccccc4)n3c2c1. The number of benzene rings is 2. The number of aromatic nitrogens is 4. The van der Waals surface area contributed by atoms with E-state index < -0.39 is 4.92 Å². The summed E-state index contributed by atoms with van der Waals surface area (Å²) in [7, 11) is 0. The van der Waals surface area contributed by atoms with E-state index in [1.54, 1.807) is 16.8 Å². The highest BCUT2D eigenvalue weighted by Crippen LogP contribution is 2.22. The van der Waals surface area contributed by atoms with Crippen LogP contribution in [-0.4, -0.2) is 14.5 Å². The highest BCUT2D eigenvalue weighted by atomic mass is 16.6. The van der Waals surface area contributed by atoms with Crippen LogP contribution in [0.25, 0.3) is 22.3 Å². The Morgan fingerprint density at radius 2 is 2.00 bits per heavy atom. The molecule has 0 aliphatic carbocycles. The molecule has 0 fully saturated rings. The van der Waals surface area contributed by atoms with Crippen molar-refractivity contribution in [1.82, 2.24) is 14.7 Å². The molecule has 0 amide bonds. The van der Waals surface area contributed by atoms with Crippen LogP contribution >= 0.6 is 0 Å². The molecule has 7 nitrogen and oxygen atoms in total. The molecule has 4 rings (SSSR count). The molecule has 2 heterocycles. The maximum Gasteiger partial charge on any atom is 0.270 e. The van der Waals surface area contributed by atoms with E-state index in [1.807, 2.05) is 30.3 Å². The first kappa shape index (κ1) is 11.6. The molecule has 0 aliphatic heterocycles. The number of nitrogens with zero attached hydrogens (tertiary/aromatic N) is 5. The van der Waals surface area contributed by atoms with Crippen LogP contribution in [0.5, 0.6) is 0 Å². The second-order valence-electron chi connectivity index (χ2n) is 4.61. The number of fused-ring (bicyclic) bond motifs is 3. The quantitative estimate of drug-likeness (QED) is 0.317. The van der Waals surface area contributed by atoms with Gasteiger partial charge < -0.3 is 0 Å². The van der Waals surface area contributed by atoms with Gasteiger partial charge in [-0.25, -0.2) is 0 Å². The summed E-state index contributed by atoms with van der Waals surface area (Å²) in [6, 6.07) is 14.3. The Hall–Kier alpha value is -3.22. The van der Waals surface area contributed by atoms with Gasteiger partial charge in [0.05, 0.1) is 21.7 Å². The van der Waals surface area contributed by atoms with Crippen molar-refractivity contribution in [3.8, 4) is 11.3 Å². The fraction of sp³-hybridized carbons (Fsp3) is 0. The molecule has 0 atom stereocenters. The zero-order valence-electron chi connectivity index (χ0n) is 10.7. The Bertz CT molecular complexity index is 971. The van der Waals surface area contributed by atoms with Gasteiger partial charge in [-0.1, -0.05) is 40.5 Å². The van der Waals surface area contributed by atoms with E-state index in [2.05, 4.69) is 10.2 Å². The number of rotatable bonds is 2. The molecule has 0 aliphatic rings. The minimum atomic E-state index is -0.415. The summed E-state index contributed by atoms with van der Waals surface area (Å²) in [5.41, 5.74) is 3.15. The van der Waals surface area contributed by atoms with Gasteiger partial charge in [0.15, 0.2) is 0 Å². The average Bonchev–Trinajstić information content (AvgIpc) is 3.06. The van der Waals surface area contributed by atoms with Crippen LogP contribution in [0.4, 0.5) is 5.69 Å². The summed E-state index contributed by atoms with van der Waals surface area (Å²) in [5, 5.41) is 19.5. The molecule has 0 unspecified atom stereocenters. The van der Waals surface area contributed by atoms with Crippen LogP contribution in [0.15, 0.2) is 54.7 Å². The highest BCUT2D eigenvalue weighted by molar-refractivity contribution is 5.78. The van der Waals surface area contributed by atoms with E-state index in [0.29, 0.717) is 11.0 Å². The minimum absolute atomic E-state index is 0.0325. The van der Waals surface area contributed by atoms with Gasteiger partial charge in [-0.3, -0.25) is 10.1 Å². The van der Waals surface area contributed by atoms with E-state index in [-0.39, 0.29) is 5.69 Å². The molecule has 0 bridgehead atoms. The van der Waals surface area contributed by atoms with Gasteiger partial charge in [0.1, 0.15) is 0 Å². The maximum absolute atomic E-state index is 10.9. The van der Waals surface area contributed by atoms with Crippen molar-refractivity contribution in [2.75, 3.05) is 0 Å². The lowest BCUT2D eigenvalue weighted by Gasteiger charge is -1.99. The van der Waals surface area contributed by atoms with Gasteiger partial charge in [-0.15, -0.1) is 0 Å². The molecule has 2 aromatic carbocycles. The number of hydrogen-bond acceptors (Lipinski definition) is 3. The molecule has 7 heteroatoms. The molecule has 0 N–H and O–H groups in total. The van der Waals surface area contributed by atoms with Gasteiger partial charge in [0.25, 0.3) is 5.69 Å². The van der Waals surface area contributed by atoms with Crippen molar-refractivity contribution < 1.29 is 9.67 Å². The Balaban J connectivity index is 2.07. The third kappa shape index (κ3) is 1.68. The van der Waals surface area contributed by atoms with Gasteiger partial charge in [-0.2, -0.15) is 4.52 Å². The second kappa shape index (κ2) is 4.14. The second-order valence-corrected chi connectivity index (χ2v) is 4.61. The summed E-state index contributed by atoms with van der Waals surface area (Å²) < 4.78 is 3.20. The monoisotopic (exact) mass is 279 g/mol. The predicted octanol–water partition coefficient (Wildman–Crippen LogP) is 1.61. The first-order valence-electron chi connectivity index (χ1n) is 6.31. The summed E-state index contributed by atoms with van der Waals surface area (Å²) in [5.74, 6) is 0. The van der Waals surface area contributed by atoms with Crippen LogP contribution < -0.4 is 9.84 Å². The third-order valence-corrected chi connectivity index (χ3v) is 3.36. The largest absolute Gasteiger partial charge is 0.270 e. The van der Waals surface area contributed by atoms with Crippen LogP contribution in [0.3, 0.4) is 0 Å². The van der Waals surface area contributed by atoms with Crippen molar-refractivity contribution in [3.05, 3.63) is 64.8 Å². The van der Waals surface area contributed by atoms with Crippen LogP contribution in [0, 0.1) is 10.1 Å². The Labute approximate surface area is 118 Å². The summed E-state index contributed by atoms with van der Waals surface area (Å²) in [4.78, 5) is 10.5. The molecule has 21 heavy (non-hydrogen) atoms. The Morgan fingerprint density at radius 1 is 1.19 bits per heavy atom. The standard InChI is InChI=1S/C14H9N5O2/c20-18(21)11-6-7-12-13(8-11)17-14(9-15-19(17)16-12)10-4-2-1-3-5-10/h1-9H. The normalized spacial score (nSPS) is 11.2. The van der Waals surface area contributed by atoms with Gasteiger partial charge in [-0.05, 0) is 16.4 Å². The minimum Gasteiger partial charge on any atom is -0.258 e. The lowest BCUT2D eigenvalue weighted by molar-refractivity contribution is -0.729. The van der Waals surface area contributed by atoms with Crippen molar-refractivity contribution in [2.24, 2.45) is 0 Å². The molecular formula is C14H9N5O2. The molecule has 2 aromatic heterocycles. The zero-order valence-corrected chi connectivity index (χ0v) is 10.7. The number of hydrogen-bond donors (Lipinski definition) is 0. The summed E-state index contributed by atoms with van der Waals surface area (Å²) >= 11 is 0. The lowest BCUT2D eigenvalue weighted by atomic mass is 10.2. The Morgan fingerprint density at radius 3 is 2.76 bits per heavy atom. The van der Waals surface area contributed by atoms with Crippen molar-refractivity contribution in [1.29, 1.82) is 0 Å². The third-order valence-electron chi connectivity index (χ3n) is 3.36. The first-order chi connectivity index (χ1) is 10.2. The van der Waals surface area contributed by atoms with Gasteiger partial charge in [0, 0.05) is 18.3 Å². The predicted molar refractivity (Wildman–Crippen MR) is 73.8 cm³/mol. The Kier molecular flexibility index (Phi) is 2.28. The van der Waals surface area contributed by atoms with Crippen molar-refractivity contribution in [2.45, 2.75) is 0 Å².